The SMILES string of the molecule is Cc1nc2n(n1)-c1ccccc1SCC2. The summed E-state index contributed by atoms with van der Waals surface area (Å²) in [6.45, 7) is 1.94. The van der Waals surface area contributed by atoms with Gasteiger partial charge in [-0.05, 0) is 19.1 Å². The summed E-state index contributed by atoms with van der Waals surface area (Å²) in [4.78, 5) is 5.74. The fourth-order valence-electron chi connectivity index (χ4n) is 1.82. The highest BCUT2D eigenvalue weighted by Crippen LogP contribution is 2.29. The predicted octanol–water partition coefficient (Wildman–Crippen LogP) is 2.22. The maximum Gasteiger partial charge on any atom is 0.148 e. The minimum absolute atomic E-state index is 0.853. The third-order valence-corrected chi connectivity index (χ3v) is 3.52. The van der Waals surface area contributed by atoms with Gasteiger partial charge in [-0.2, -0.15) is 5.10 Å². The van der Waals surface area contributed by atoms with Gasteiger partial charge in [-0.25, -0.2) is 9.67 Å². The van der Waals surface area contributed by atoms with Crippen LogP contribution in [-0.4, -0.2) is 20.5 Å². The van der Waals surface area contributed by atoms with Crippen molar-refractivity contribution in [3.8, 4) is 5.69 Å². The van der Waals surface area contributed by atoms with Gasteiger partial charge in [0.1, 0.15) is 11.6 Å². The number of benzene rings is 1. The van der Waals surface area contributed by atoms with E-state index in [1.807, 2.05) is 29.4 Å². The molecule has 0 aliphatic carbocycles. The van der Waals surface area contributed by atoms with E-state index < -0.39 is 0 Å². The Bertz CT molecular complexity index is 504. The van der Waals surface area contributed by atoms with Crippen molar-refractivity contribution in [3.63, 3.8) is 0 Å². The molecule has 2 aromatic rings. The fraction of sp³-hybridized carbons (Fsp3) is 0.273. The number of fused-ring (bicyclic) bond motifs is 3. The van der Waals surface area contributed by atoms with Crippen LogP contribution in [0.1, 0.15) is 11.6 Å². The normalized spacial score (nSPS) is 14.2. The molecular formula is C11H11N3S. The van der Waals surface area contributed by atoms with E-state index in [1.54, 1.807) is 0 Å². The lowest BCUT2D eigenvalue weighted by Crippen LogP contribution is -2.01. The first-order valence-electron chi connectivity index (χ1n) is 4.99. The molecule has 0 saturated heterocycles. The lowest BCUT2D eigenvalue weighted by Gasteiger charge is -2.05. The van der Waals surface area contributed by atoms with Gasteiger partial charge in [0.25, 0.3) is 0 Å². The molecule has 0 fully saturated rings. The lowest BCUT2D eigenvalue weighted by atomic mass is 10.3. The molecule has 3 rings (SSSR count). The van der Waals surface area contributed by atoms with Crippen molar-refractivity contribution < 1.29 is 0 Å². The molecule has 0 spiro atoms. The number of para-hydroxylation sites is 1. The minimum Gasteiger partial charge on any atom is -0.216 e. The van der Waals surface area contributed by atoms with E-state index in [0.717, 1.165) is 29.5 Å². The summed E-state index contributed by atoms with van der Waals surface area (Å²) in [6, 6.07) is 8.36. The fourth-order valence-corrected chi connectivity index (χ4v) is 2.80. The second-order valence-corrected chi connectivity index (χ2v) is 4.69. The third-order valence-electron chi connectivity index (χ3n) is 2.46. The van der Waals surface area contributed by atoms with Crippen LogP contribution in [0.3, 0.4) is 0 Å². The van der Waals surface area contributed by atoms with E-state index in [0.29, 0.717) is 0 Å². The number of rotatable bonds is 0. The van der Waals surface area contributed by atoms with E-state index >= 15 is 0 Å². The average Bonchev–Trinajstić information content (AvgIpc) is 2.52. The van der Waals surface area contributed by atoms with Crippen LogP contribution in [0.25, 0.3) is 5.69 Å². The van der Waals surface area contributed by atoms with Gasteiger partial charge in [-0.3, -0.25) is 0 Å². The maximum atomic E-state index is 4.45. The summed E-state index contributed by atoms with van der Waals surface area (Å²) in [5.41, 5.74) is 1.16. The quantitative estimate of drug-likeness (QED) is 0.678. The Morgan fingerprint density at radius 3 is 3.13 bits per heavy atom. The summed E-state index contributed by atoms with van der Waals surface area (Å²) in [5, 5.41) is 4.44. The third kappa shape index (κ3) is 1.45. The van der Waals surface area contributed by atoms with Gasteiger partial charge in [0.2, 0.25) is 0 Å². The molecule has 1 aliphatic heterocycles. The Labute approximate surface area is 92.5 Å². The van der Waals surface area contributed by atoms with Crippen molar-refractivity contribution >= 4 is 11.8 Å². The molecular weight excluding hydrogens is 206 g/mol. The second-order valence-electron chi connectivity index (χ2n) is 3.55. The molecule has 1 aliphatic rings. The van der Waals surface area contributed by atoms with Crippen LogP contribution < -0.4 is 0 Å². The highest BCUT2D eigenvalue weighted by Gasteiger charge is 2.16. The Morgan fingerprint density at radius 2 is 2.20 bits per heavy atom. The Balaban J connectivity index is 2.26. The van der Waals surface area contributed by atoms with Crippen LogP contribution in [0, 0.1) is 6.92 Å². The van der Waals surface area contributed by atoms with Crippen LogP contribution >= 0.6 is 11.8 Å². The number of aryl methyl sites for hydroxylation is 2. The second kappa shape index (κ2) is 3.38. The van der Waals surface area contributed by atoms with Crippen molar-refractivity contribution in [2.45, 2.75) is 18.2 Å². The van der Waals surface area contributed by atoms with Crippen LogP contribution in [0.5, 0.6) is 0 Å². The average molecular weight is 217 g/mol. The molecule has 0 amide bonds. The summed E-state index contributed by atoms with van der Waals surface area (Å²) in [6.07, 6.45) is 0.986. The molecule has 0 N–H and O–H groups in total. The molecule has 0 atom stereocenters. The molecule has 0 radical (unpaired) electrons. The van der Waals surface area contributed by atoms with Crippen LogP contribution in [0.15, 0.2) is 29.2 Å². The van der Waals surface area contributed by atoms with Gasteiger partial charge in [0.05, 0.1) is 5.69 Å². The van der Waals surface area contributed by atoms with E-state index in [2.05, 4.69) is 28.3 Å². The molecule has 4 heteroatoms. The zero-order chi connectivity index (χ0) is 10.3. The summed E-state index contributed by atoms with van der Waals surface area (Å²) in [7, 11) is 0. The zero-order valence-corrected chi connectivity index (χ0v) is 9.29. The monoisotopic (exact) mass is 217 g/mol. The van der Waals surface area contributed by atoms with Crippen molar-refractivity contribution in [3.05, 3.63) is 35.9 Å². The van der Waals surface area contributed by atoms with Crippen molar-refractivity contribution in [2.75, 3.05) is 5.75 Å². The van der Waals surface area contributed by atoms with Crippen molar-refractivity contribution in [1.29, 1.82) is 0 Å². The van der Waals surface area contributed by atoms with Gasteiger partial charge in [-0.1, -0.05) is 12.1 Å². The van der Waals surface area contributed by atoms with Crippen molar-refractivity contribution in [1.82, 2.24) is 14.8 Å². The minimum atomic E-state index is 0.853. The smallest absolute Gasteiger partial charge is 0.148 e. The predicted molar refractivity (Wildman–Crippen MR) is 60.5 cm³/mol. The molecule has 0 saturated carbocycles. The van der Waals surface area contributed by atoms with Crippen LogP contribution in [0.4, 0.5) is 0 Å². The van der Waals surface area contributed by atoms with E-state index in [1.165, 1.54) is 4.90 Å². The van der Waals surface area contributed by atoms with Crippen LogP contribution in [0.2, 0.25) is 0 Å². The summed E-state index contributed by atoms with van der Waals surface area (Å²) < 4.78 is 1.98. The number of hydrogen-bond acceptors (Lipinski definition) is 3. The number of hydrogen-bond donors (Lipinski definition) is 0. The summed E-state index contributed by atoms with van der Waals surface area (Å²) >= 11 is 1.88. The Morgan fingerprint density at radius 1 is 1.33 bits per heavy atom. The Kier molecular flexibility index (Phi) is 2.02. The molecule has 1 aromatic heterocycles. The van der Waals surface area contributed by atoms with Gasteiger partial charge < -0.3 is 0 Å². The largest absolute Gasteiger partial charge is 0.216 e. The first-order valence-corrected chi connectivity index (χ1v) is 5.98. The molecule has 3 nitrogen and oxygen atoms in total. The van der Waals surface area contributed by atoms with Gasteiger partial charge in [0, 0.05) is 17.1 Å². The Hall–Kier alpha value is -1.29. The standard InChI is InChI=1S/C11H11N3S/c1-8-12-11-6-7-15-10-5-3-2-4-9(10)14(11)13-8/h2-5H,6-7H2,1H3. The molecule has 2 heterocycles. The molecule has 15 heavy (non-hydrogen) atoms. The zero-order valence-electron chi connectivity index (χ0n) is 8.47. The number of nitrogens with zero attached hydrogens (tertiary/aromatic N) is 3. The highest BCUT2D eigenvalue weighted by atomic mass is 32.2. The topological polar surface area (TPSA) is 30.7 Å². The van der Waals surface area contributed by atoms with Crippen LogP contribution in [-0.2, 0) is 6.42 Å². The van der Waals surface area contributed by atoms with Gasteiger partial charge >= 0.3 is 0 Å². The first kappa shape index (κ1) is 8.97. The molecule has 76 valence electrons. The molecule has 0 unspecified atom stereocenters. The first-order chi connectivity index (χ1) is 7.34. The maximum absolute atomic E-state index is 4.45. The summed E-state index contributed by atoms with van der Waals surface area (Å²) in [5.74, 6) is 3.01. The van der Waals surface area contributed by atoms with E-state index in [-0.39, 0.29) is 0 Å². The van der Waals surface area contributed by atoms with E-state index in [9.17, 15) is 0 Å². The van der Waals surface area contributed by atoms with Crippen molar-refractivity contribution in [2.24, 2.45) is 0 Å². The molecule has 0 bridgehead atoms. The van der Waals surface area contributed by atoms with Gasteiger partial charge in [0.15, 0.2) is 0 Å². The molecule has 1 aromatic carbocycles. The number of thioether (sulfide) groups is 1. The van der Waals surface area contributed by atoms with E-state index in [4.69, 9.17) is 0 Å². The number of aromatic nitrogens is 3. The highest BCUT2D eigenvalue weighted by molar-refractivity contribution is 7.99. The lowest BCUT2D eigenvalue weighted by molar-refractivity contribution is 0.795. The van der Waals surface area contributed by atoms with Gasteiger partial charge in [-0.15, -0.1) is 11.8 Å².